The van der Waals surface area contributed by atoms with Crippen LogP contribution in [0.4, 0.5) is 0 Å². The largest absolute Gasteiger partial charge is 0.424 e. The Hall–Kier alpha value is -1.93. The average Bonchev–Trinajstić information content (AvgIpc) is 2.33. The summed E-state index contributed by atoms with van der Waals surface area (Å²) >= 11 is 3.42. The molecule has 1 aromatic heterocycles. The van der Waals surface area contributed by atoms with E-state index in [4.69, 9.17) is 10.00 Å². The maximum absolute atomic E-state index is 8.83. The number of benzene rings is 1. The van der Waals surface area contributed by atoms with Gasteiger partial charge in [-0.25, -0.2) is 4.98 Å². The second kappa shape index (κ2) is 5.15. The van der Waals surface area contributed by atoms with Crippen molar-refractivity contribution in [2.24, 2.45) is 0 Å². The molecule has 0 saturated carbocycles. The number of aromatic nitrogens is 2. The molecule has 2 aromatic rings. The Kier molecular flexibility index (Phi) is 3.58. The summed E-state index contributed by atoms with van der Waals surface area (Å²) in [6.45, 7) is 3.76. The summed E-state index contributed by atoms with van der Waals surface area (Å²) in [5.74, 6) is 0.644. The molecule has 0 saturated heterocycles. The lowest BCUT2D eigenvalue weighted by atomic mass is 10.2. The molecule has 0 aliphatic carbocycles. The Morgan fingerprint density at radius 1 is 1.22 bits per heavy atom. The van der Waals surface area contributed by atoms with Gasteiger partial charge in [0.05, 0.1) is 0 Å². The maximum atomic E-state index is 8.83. The standard InChI is InChI=1S/C13H10BrN3O/c1-8-5-11(3-4-12(8)14)18-13-16-9(2)6-10(7-15)17-13/h3-6H,1-2H3. The molecule has 1 aromatic carbocycles. The minimum absolute atomic E-state index is 0.188. The molecule has 0 aliphatic rings. The summed E-state index contributed by atoms with van der Waals surface area (Å²) in [5.41, 5.74) is 2.05. The number of hydrogen-bond donors (Lipinski definition) is 0. The van der Waals surface area contributed by atoms with Crippen LogP contribution in [0.3, 0.4) is 0 Å². The minimum Gasteiger partial charge on any atom is -0.424 e. The number of rotatable bonds is 2. The van der Waals surface area contributed by atoms with Gasteiger partial charge in [0, 0.05) is 10.2 Å². The maximum Gasteiger partial charge on any atom is 0.323 e. The number of ether oxygens (including phenoxy) is 1. The van der Waals surface area contributed by atoms with Crippen molar-refractivity contribution >= 4 is 15.9 Å². The number of nitriles is 1. The van der Waals surface area contributed by atoms with Gasteiger partial charge in [-0.15, -0.1) is 0 Å². The first-order valence-corrected chi connectivity index (χ1v) is 6.07. The van der Waals surface area contributed by atoms with Gasteiger partial charge in [0.25, 0.3) is 0 Å². The van der Waals surface area contributed by atoms with Crippen molar-refractivity contribution < 1.29 is 4.74 Å². The number of aryl methyl sites for hydroxylation is 2. The summed E-state index contributed by atoms with van der Waals surface area (Å²) in [6.07, 6.45) is 0. The Morgan fingerprint density at radius 3 is 2.67 bits per heavy atom. The lowest BCUT2D eigenvalue weighted by Gasteiger charge is -2.06. The molecule has 0 bridgehead atoms. The van der Waals surface area contributed by atoms with Crippen molar-refractivity contribution in [2.75, 3.05) is 0 Å². The normalized spacial score (nSPS) is 9.89. The van der Waals surface area contributed by atoms with Crippen LogP contribution in [0.2, 0.25) is 0 Å². The molecule has 0 fully saturated rings. The monoisotopic (exact) mass is 303 g/mol. The molecule has 4 nitrogen and oxygen atoms in total. The molecule has 0 spiro atoms. The first kappa shape index (κ1) is 12.5. The summed E-state index contributed by atoms with van der Waals surface area (Å²) in [7, 11) is 0. The van der Waals surface area contributed by atoms with Crippen LogP contribution in [0.5, 0.6) is 11.8 Å². The first-order chi connectivity index (χ1) is 8.58. The van der Waals surface area contributed by atoms with Crippen LogP contribution in [-0.2, 0) is 0 Å². The van der Waals surface area contributed by atoms with Crippen molar-refractivity contribution in [1.29, 1.82) is 5.26 Å². The fourth-order valence-corrected chi connectivity index (χ4v) is 1.68. The topological polar surface area (TPSA) is 58.8 Å². The predicted molar refractivity (Wildman–Crippen MR) is 70.4 cm³/mol. The van der Waals surface area contributed by atoms with E-state index in [2.05, 4.69) is 25.9 Å². The molecule has 1 heterocycles. The zero-order valence-corrected chi connectivity index (χ0v) is 11.5. The van der Waals surface area contributed by atoms with Crippen molar-refractivity contribution in [1.82, 2.24) is 9.97 Å². The van der Waals surface area contributed by atoms with Crippen molar-refractivity contribution in [2.45, 2.75) is 13.8 Å². The lowest BCUT2D eigenvalue weighted by Crippen LogP contribution is -1.96. The van der Waals surface area contributed by atoms with E-state index < -0.39 is 0 Å². The molecule has 0 N–H and O–H groups in total. The Labute approximate surface area is 113 Å². The second-order valence-corrected chi connectivity index (χ2v) is 4.66. The molecule has 0 radical (unpaired) electrons. The summed E-state index contributed by atoms with van der Waals surface area (Å²) < 4.78 is 6.56. The van der Waals surface area contributed by atoms with Crippen molar-refractivity contribution in [3.63, 3.8) is 0 Å². The van der Waals surface area contributed by atoms with Crippen LogP contribution in [0.1, 0.15) is 17.0 Å². The number of nitrogens with zero attached hydrogens (tertiary/aromatic N) is 3. The predicted octanol–water partition coefficient (Wildman–Crippen LogP) is 3.52. The summed E-state index contributed by atoms with van der Waals surface area (Å²) in [5, 5.41) is 8.83. The SMILES string of the molecule is Cc1cc(C#N)nc(Oc2ccc(Br)c(C)c2)n1. The highest BCUT2D eigenvalue weighted by Crippen LogP contribution is 2.24. The second-order valence-electron chi connectivity index (χ2n) is 3.80. The highest BCUT2D eigenvalue weighted by Gasteiger charge is 2.05. The fourth-order valence-electron chi connectivity index (χ4n) is 1.43. The molecule has 0 atom stereocenters. The molecule has 0 unspecified atom stereocenters. The number of hydrogen-bond acceptors (Lipinski definition) is 4. The van der Waals surface area contributed by atoms with E-state index in [1.807, 2.05) is 31.2 Å². The minimum atomic E-state index is 0.188. The molecular formula is C13H10BrN3O. The molecule has 2 rings (SSSR count). The van der Waals surface area contributed by atoms with Gasteiger partial charge in [-0.3, -0.25) is 0 Å². The zero-order chi connectivity index (χ0) is 13.1. The third-order valence-corrected chi connectivity index (χ3v) is 3.18. The van der Waals surface area contributed by atoms with E-state index in [0.717, 1.165) is 10.0 Å². The zero-order valence-electron chi connectivity index (χ0n) is 9.94. The molecular weight excluding hydrogens is 294 g/mol. The van der Waals surface area contributed by atoms with Crippen LogP contribution in [0.15, 0.2) is 28.7 Å². The first-order valence-electron chi connectivity index (χ1n) is 5.28. The van der Waals surface area contributed by atoms with E-state index in [-0.39, 0.29) is 6.01 Å². The molecule has 5 heteroatoms. The van der Waals surface area contributed by atoms with Gasteiger partial charge < -0.3 is 4.74 Å². The third kappa shape index (κ3) is 2.84. The third-order valence-electron chi connectivity index (χ3n) is 2.29. The van der Waals surface area contributed by atoms with E-state index >= 15 is 0 Å². The van der Waals surface area contributed by atoms with Gasteiger partial charge in [-0.2, -0.15) is 10.2 Å². The van der Waals surface area contributed by atoms with Gasteiger partial charge in [0.1, 0.15) is 17.5 Å². The van der Waals surface area contributed by atoms with E-state index in [1.165, 1.54) is 0 Å². The highest BCUT2D eigenvalue weighted by atomic mass is 79.9. The van der Waals surface area contributed by atoms with E-state index in [9.17, 15) is 0 Å². The average molecular weight is 304 g/mol. The van der Waals surface area contributed by atoms with E-state index in [0.29, 0.717) is 17.1 Å². The molecule has 0 amide bonds. The van der Waals surface area contributed by atoms with Gasteiger partial charge >= 0.3 is 6.01 Å². The van der Waals surface area contributed by atoms with E-state index in [1.54, 1.807) is 13.0 Å². The fraction of sp³-hybridized carbons (Fsp3) is 0.154. The summed E-state index contributed by atoms with van der Waals surface area (Å²) in [4.78, 5) is 8.13. The highest BCUT2D eigenvalue weighted by molar-refractivity contribution is 9.10. The van der Waals surface area contributed by atoms with Gasteiger partial charge in [0.15, 0.2) is 0 Å². The Bertz CT molecular complexity index is 635. The summed E-state index contributed by atoms with van der Waals surface area (Å²) in [6, 6.07) is 9.36. The van der Waals surface area contributed by atoms with Gasteiger partial charge in [-0.05, 0) is 43.7 Å². The molecule has 18 heavy (non-hydrogen) atoms. The van der Waals surface area contributed by atoms with Gasteiger partial charge in [-0.1, -0.05) is 15.9 Å². The van der Waals surface area contributed by atoms with Crippen LogP contribution >= 0.6 is 15.9 Å². The van der Waals surface area contributed by atoms with Crippen LogP contribution in [-0.4, -0.2) is 9.97 Å². The van der Waals surface area contributed by atoms with Crippen LogP contribution < -0.4 is 4.74 Å². The lowest BCUT2D eigenvalue weighted by molar-refractivity contribution is 0.439. The number of halogens is 1. The molecule has 90 valence electrons. The van der Waals surface area contributed by atoms with Crippen molar-refractivity contribution in [3.8, 4) is 17.8 Å². The quantitative estimate of drug-likeness (QED) is 0.851. The van der Waals surface area contributed by atoms with Crippen LogP contribution in [0.25, 0.3) is 0 Å². The Balaban J connectivity index is 2.31. The smallest absolute Gasteiger partial charge is 0.323 e. The molecule has 0 aliphatic heterocycles. The van der Waals surface area contributed by atoms with Gasteiger partial charge in [0.2, 0.25) is 0 Å². The van der Waals surface area contributed by atoms with Crippen LogP contribution in [0, 0.1) is 25.2 Å². The van der Waals surface area contributed by atoms with Crippen molar-refractivity contribution in [3.05, 3.63) is 45.7 Å². The Morgan fingerprint density at radius 2 is 2.00 bits per heavy atom.